The van der Waals surface area contributed by atoms with Crippen molar-refractivity contribution in [3.63, 3.8) is 0 Å². The van der Waals surface area contributed by atoms with E-state index in [1.165, 1.54) is 0 Å². The second-order valence-electron chi connectivity index (χ2n) is 5.73. The summed E-state index contributed by atoms with van der Waals surface area (Å²) >= 11 is 0. The molecule has 24 heavy (non-hydrogen) atoms. The summed E-state index contributed by atoms with van der Waals surface area (Å²) in [5.41, 5.74) is 10.9. The third-order valence-corrected chi connectivity index (χ3v) is 4.20. The van der Waals surface area contributed by atoms with Crippen molar-refractivity contribution in [2.45, 2.75) is 20.3 Å². The van der Waals surface area contributed by atoms with Gasteiger partial charge in [-0.05, 0) is 31.4 Å². The highest BCUT2D eigenvalue weighted by Crippen LogP contribution is 2.26. The van der Waals surface area contributed by atoms with E-state index >= 15 is 0 Å². The lowest BCUT2D eigenvalue weighted by molar-refractivity contribution is 0.0695. The van der Waals surface area contributed by atoms with E-state index < -0.39 is 5.97 Å². The minimum absolute atomic E-state index is 0.207. The smallest absolute Gasteiger partial charge is 0.337 e. The van der Waals surface area contributed by atoms with Gasteiger partial charge in [-0.1, -0.05) is 42.5 Å². The third-order valence-electron chi connectivity index (χ3n) is 4.20. The first-order valence-electron chi connectivity index (χ1n) is 7.70. The summed E-state index contributed by atoms with van der Waals surface area (Å²) in [5, 5.41) is 9.55. The fraction of sp³-hybridized carbons (Fsp3) is 0.158. The van der Waals surface area contributed by atoms with Crippen molar-refractivity contribution in [2.75, 3.05) is 5.73 Å². The van der Waals surface area contributed by atoms with E-state index in [9.17, 15) is 9.90 Å². The number of imidazole rings is 1. The number of anilines is 1. The van der Waals surface area contributed by atoms with Crippen molar-refractivity contribution in [3.8, 4) is 0 Å². The molecule has 3 aromatic rings. The highest BCUT2D eigenvalue weighted by Gasteiger charge is 2.18. The molecule has 0 radical (unpaired) electrons. The van der Waals surface area contributed by atoms with E-state index in [0.717, 1.165) is 17.0 Å². The lowest BCUT2D eigenvalue weighted by Crippen LogP contribution is -2.09. The average molecular weight is 321 g/mol. The first-order valence-corrected chi connectivity index (χ1v) is 7.70. The third kappa shape index (κ3) is 2.76. The van der Waals surface area contributed by atoms with E-state index in [4.69, 9.17) is 5.73 Å². The molecule has 2 aromatic heterocycles. The van der Waals surface area contributed by atoms with Crippen molar-refractivity contribution in [3.05, 3.63) is 70.7 Å². The normalized spacial score (nSPS) is 11.4. The lowest BCUT2D eigenvalue weighted by Gasteiger charge is -2.10. The summed E-state index contributed by atoms with van der Waals surface area (Å²) in [6, 6.07) is 9.84. The largest absolute Gasteiger partial charge is 0.478 e. The van der Waals surface area contributed by atoms with Crippen LogP contribution in [0.15, 0.2) is 42.6 Å². The van der Waals surface area contributed by atoms with Gasteiger partial charge in [0.15, 0.2) is 5.65 Å². The maximum absolute atomic E-state index is 11.7. The summed E-state index contributed by atoms with van der Waals surface area (Å²) in [6.07, 6.45) is 5.92. The lowest BCUT2D eigenvalue weighted by atomic mass is 10.0. The van der Waals surface area contributed by atoms with Crippen molar-refractivity contribution < 1.29 is 9.90 Å². The molecule has 0 saturated heterocycles. The number of pyridine rings is 1. The number of nitrogen functional groups attached to an aromatic ring is 1. The van der Waals surface area contributed by atoms with Crippen LogP contribution in [-0.4, -0.2) is 20.5 Å². The number of hydrogen-bond acceptors (Lipinski definition) is 3. The number of benzene rings is 1. The summed E-state index contributed by atoms with van der Waals surface area (Å²) in [6.45, 7) is 3.78. The highest BCUT2D eigenvalue weighted by atomic mass is 16.4. The van der Waals surface area contributed by atoms with Gasteiger partial charge in [-0.2, -0.15) is 0 Å². The summed E-state index contributed by atoms with van der Waals surface area (Å²) in [5.74, 6) is -0.988. The molecule has 0 fully saturated rings. The van der Waals surface area contributed by atoms with Crippen molar-refractivity contribution >= 4 is 23.4 Å². The standard InChI is InChI=1S/C19H19N3O2/c1-12-13(2)22-11-16(19(23)24)15(17(20)18(22)21-12)10-6-9-14-7-4-3-5-8-14/h3-9,11H,10,20H2,1-2H3,(H,23,24)/b9-6+. The minimum atomic E-state index is -0.988. The van der Waals surface area contributed by atoms with E-state index in [0.29, 0.717) is 23.3 Å². The van der Waals surface area contributed by atoms with Gasteiger partial charge in [-0.15, -0.1) is 0 Å². The summed E-state index contributed by atoms with van der Waals surface area (Å²) in [4.78, 5) is 16.1. The van der Waals surface area contributed by atoms with Crippen LogP contribution in [-0.2, 0) is 6.42 Å². The maximum atomic E-state index is 11.7. The van der Waals surface area contributed by atoms with Crippen LogP contribution in [0.1, 0.15) is 32.9 Å². The van der Waals surface area contributed by atoms with E-state index in [1.807, 2.05) is 56.3 Å². The summed E-state index contributed by atoms with van der Waals surface area (Å²) < 4.78 is 1.75. The van der Waals surface area contributed by atoms with Crippen molar-refractivity contribution in [1.82, 2.24) is 9.38 Å². The number of hydrogen-bond donors (Lipinski definition) is 2. The second-order valence-corrected chi connectivity index (χ2v) is 5.73. The monoisotopic (exact) mass is 321 g/mol. The molecule has 0 aliphatic carbocycles. The molecule has 2 heterocycles. The molecule has 0 saturated carbocycles. The van der Waals surface area contributed by atoms with Crippen LogP contribution in [0.4, 0.5) is 5.69 Å². The van der Waals surface area contributed by atoms with Crippen LogP contribution in [0.5, 0.6) is 0 Å². The van der Waals surface area contributed by atoms with Crippen LogP contribution in [0.3, 0.4) is 0 Å². The Morgan fingerprint density at radius 2 is 2.00 bits per heavy atom. The van der Waals surface area contributed by atoms with E-state index in [2.05, 4.69) is 4.98 Å². The molecule has 3 rings (SSSR count). The summed E-state index contributed by atoms with van der Waals surface area (Å²) in [7, 11) is 0. The predicted octanol–water partition coefficient (Wildman–Crippen LogP) is 3.49. The number of fused-ring (bicyclic) bond motifs is 1. The molecule has 0 unspecified atom stereocenters. The highest BCUT2D eigenvalue weighted by molar-refractivity contribution is 5.93. The zero-order chi connectivity index (χ0) is 17.3. The van der Waals surface area contributed by atoms with Crippen LogP contribution >= 0.6 is 0 Å². The number of nitrogens with zero attached hydrogens (tertiary/aromatic N) is 2. The molecule has 0 spiro atoms. The molecule has 1 aromatic carbocycles. The Balaban J connectivity index is 2.05. The van der Waals surface area contributed by atoms with Gasteiger partial charge in [-0.3, -0.25) is 0 Å². The van der Waals surface area contributed by atoms with Crippen molar-refractivity contribution in [1.29, 1.82) is 0 Å². The van der Waals surface area contributed by atoms with Crippen LogP contribution in [0, 0.1) is 13.8 Å². The second kappa shape index (κ2) is 6.20. The Bertz CT molecular complexity index is 940. The molecule has 0 aliphatic heterocycles. The number of carboxylic acid groups (broad SMARTS) is 1. The van der Waals surface area contributed by atoms with Gasteiger partial charge in [0.05, 0.1) is 16.9 Å². The number of aromatic carboxylic acids is 1. The first-order chi connectivity index (χ1) is 11.5. The van der Waals surface area contributed by atoms with E-state index in [1.54, 1.807) is 10.6 Å². The van der Waals surface area contributed by atoms with Gasteiger partial charge in [0.2, 0.25) is 0 Å². The van der Waals surface area contributed by atoms with Crippen LogP contribution in [0.25, 0.3) is 11.7 Å². The van der Waals surface area contributed by atoms with Gasteiger partial charge in [0.1, 0.15) is 0 Å². The molecular weight excluding hydrogens is 302 g/mol. The molecule has 0 bridgehead atoms. The molecule has 0 atom stereocenters. The van der Waals surface area contributed by atoms with Crippen LogP contribution in [0.2, 0.25) is 0 Å². The first kappa shape index (κ1) is 15.8. The fourth-order valence-electron chi connectivity index (χ4n) is 2.74. The van der Waals surface area contributed by atoms with Gasteiger partial charge in [-0.25, -0.2) is 9.78 Å². The SMILES string of the molecule is Cc1nc2c(N)c(C/C=C/c3ccccc3)c(C(=O)O)cn2c1C. The van der Waals surface area contributed by atoms with Gasteiger partial charge in [0, 0.05) is 11.9 Å². The number of aryl methyl sites for hydroxylation is 2. The quantitative estimate of drug-likeness (QED) is 0.771. The van der Waals surface area contributed by atoms with Crippen molar-refractivity contribution in [2.24, 2.45) is 0 Å². The molecule has 0 amide bonds. The minimum Gasteiger partial charge on any atom is -0.478 e. The molecule has 122 valence electrons. The molecule has 3 N–H and O–H groups in total. The Hall–Kier alpha value is -3.08. The predicted molar refractivity (Wildman–Crippen MR) is 95.2 cm³/mol. The van der Waals surface area contributed by atoms with Gasteiger partial charge in [0.25, 0.3) is 0 Å². The number of carboxylic acids is 1. The molecule has 0 aliphatic rings. The zero-order valence-corrected chi connectivity index (χ0v) is 13.7. The van der Waals surface area contributed by atoms with Crippen LogP contribution < -0.4 is 5.73 Å². The van der Waals surface area contributed by atoms with Gasteiger partial charge >= 0.3 is 5.97 Å². The Morgan fingerprint density at radius 1 is 1.29 bits per heavy atom. The Labute approximate surface area is 140 Å². The molecular formula is C19H19N3O2. The topological polar surface area (TPSA) is 80.6 Å². The number of rotatable bonds is 4. The van der Waals surface area contributed by atoms with Gasteiger partial charge < -0.3 is 15.2 Å². The maximum Gasteiger partial charge on any atom is 0.337 e. The number of aromatic nitrogens is 2. The Kier molecular flexibility index (Phi) is 4.08. The number of carbonyl (C=O) groups is 1. The molecule has 5 nitrogen and oxygen atoms in total. The molecule has 5 heteroatoms. The van der Waals surface area contributed by atoms with E-state index in [-0.39, 0.29) is 5.56 Å². The Morgan fingerprint density at radius 3 is 2.67 bits per heavy atom. The number of allylic oxidation sites excluding steroid dienone is 1. The number of nitrogens with two attached hydrogens (primary N) is 1. The zero-order valence-electron chi connectivity index (χ0n) is 13.7. The fourth-order valence-corrected chi connectivity index (χ4v) is 2.74. The average Bonchev–Trinajstić information content (AvgIpc) is 2.86.